The van der Waals surface area contributed by atoms with Crippen molar-refractivity contribution < 1.29 is 14.3 Å². The number of hydrogen-bond acceptors (Lipinski definition) is 3. The van der Waals surface area contributed by atoms with Gasteiger partial charge in [-0.3, -0.25) is 0 Å². The molecule has 0 radical (unpaired) electrons. The van der Waals surface area contributed by atoms with Gasteiger partial charge in [-0.2, -0.15) is 0 Å². The maximum Gasteiger partial charge on any atom is 0.332 e. The van der Waals surface area contributed by atoms with Gasteiger partial charge in [-0.1, -0.05) is 32.8 Å². The molecule has 0 spiro atoms. The third kappa shape index (κ3) is 9.08. The molecule has 0 fully saturated rings. The van der Waals surface area contributed by atoms with Crippen molar-refractivity contribution in [2.24, 2.45) is 0 Å². The van der Waals surface area contributed by atoms with E-state index < -0.39 is 5.97 Å². The van der Waals surface area contributed by atoms with Crippen LogP contribution in [0.3, 0.4) is 0 Å². The molecule has 0 N–H and O–H groups in total. The van der Waals surface area contributed by atoms with Gasteiger partial charge in [0, 0.05) is 6.08 Å². The van der Waals surface area contributed by atoms with E-state index in [9.17, 15) is 4.79 Å². The van der Waals surface area contributed by atoms with Gasteiger partial charge in [0.2, 0.25) is 0 Å². The van der Waals surface area contributed by atoms with Crippen LogP contribution in [0.5, 0.6) is 0 Å². The van der Waals surface area contributed by atoms with Crippen molar-refractivity contribution >= 4 is 5.97 Å². The Balaban J connectivity index is 2.99. The fourth-order valence-corrected chi connectivity index (χ4v) is 0.848. The molecule has 0 unspecified atom stereocenters. The van der Waals surface area contributed by atoms with Crippen LogP contribution in [0.2, 0.25) is 0 Å². The molecule has 0 bridgehead atoms. The van der Waals surface area contributed by atoms with E-state index in [0.29, 0.717) is 6.61 Å². The van der Waals surface area contributed by atoms with Crippen molar-refractivity contribution in [2.75, 3.05) is 13.4 Å². The third-order valence-corrected chi connectivity index (χ3v) is 1.59. The molecule has 0 aliphatic rings. The first-order chi connectivity index (χ1) is 6.31. The number of esters is 1. The van der Waals surface area contributed by atoms with E-state index in [1.807, 2.05) is 0 Å². The van der Waals surface area contributed by atoms with Crippen molar-refractivity contribution in [1.29, 1.82) is 0 Å². The van der Waals surface area contributed by atoms with Crippen molar-refractivity contribution in [2.45, 2.75) is 32.6 Å². The standard InChI is InChI=1S/C10H18O3/c1-3-5-6-7-8-12-9-13-10(11)4-2/h4H,2-3,5-9H2,1H3. The van der Waals surface area contributed by atoms with E-state index in [1.54, 1.807) is 0 Å². The van der Waals surface area contributed by atoms with E-state index in [1.165, 1.54) is 19.3 Å². The van der Waals surface area contributed by atoms with Crippen LogP contribution in [0.15, 0.2) is 12.7 Å². The molecule has 0 aromatic carbocycles. The first kappa shape index (κ1) is 12.2. The minimum absolute atomic E-state index is 0.0387. The molecule has 3 heteroatoms. The Kier molecular flexibility index (Phi) is 8.67. The van der Waals surface area contributed by atoms with Gasteiger partial charge >= 0.3 is 5.97 Å². The summed E-state index contributed by atoms with van der Waals surface area (Å²) in [7, 11) is 0. The predicted octanol–water partition coefficient (Wildman–Crippen LogP) is 2.27. The Morgan fingerprint density at radius 3 is 2.77 bits per heavy atom. The third-order valence-electron chi connectivity index (χ3n) is 1.59. The van der Waals surface area contributed by atoms with Gasteiger partial charge in [-0.25, -0.2) is 4.79 Å². The maximum absolute atomic E-state index is 10.5. The summed E-state index contributed by atoms with van der Waals surface area (Å²) in [6.45, 7) is 6.13. The van der Waals surface area contributed by atoms with Crippen LogP contribution in [-0.4, -0.2) is 19.4 Å². The lowest BCUT2D eigenvalue weighted by atomic mass is 10.2. The van der Waals surface area contributed by atoms with Gasteiger partial charge in [0.1, 0.15) is 0 Å². The minimum atomic E-state index is -0.437. The number of ether oxygens (including phenoxy) is 2. The molecule has 0 heterocycles. The van der Waals surface area contributed by atoms with Crippen LogP contribution in [0.4, 0.5) is 0 Å². The van der Waals surface area contributed by atoms with E-state index >= 15 is 0 Å². The van der Waals surface area contributed by atoms with Gasteiger partial charge in [-0.05, 0) is 6.42 Å². The molecule has 0 amide bonds. The molecule has 0 atom stereocenters. The second-order valence-electron chi connectivity index (χ2n) is 2.75. The van der Waals surface area contributed by atoms with E-state index in [4.69, 9.17) is 4.74 Å². The topological polar surface area (TPSA) is 35.5 Å². The zero-order valence-electron chi connectivity index (χ0n) is 8.25. The summed E-state index contributed by atoms with van der Waals surface area (Å²) in [5.74, 6) is -0.437. The SMILES string of the molecule is C=CC(=O)OCOCCCCCC. The smallest absolute Gasteiger partial charge is 0.332 e. The first-order valence-corrected chi connectivity index (χ1v) is 4.68. The fourth-order valence-electron chi connectivity index (χ4n) is 0.848. The van der Waals surface area contributed by atoms with Gasteiger partial charge in [0.15, 0.2) is 6.79 Å². The molecule has 0 saturated heterocycles. The number of unbranched alkanes of at least 4 members (excludes halogenated alkanes) is 3. The lowest BCUT2D eigenvalue weighted by Crippen LogP contribution is -2.06. The molecule has 0 saturated carbocycles. The molecule has 0 aromatic heterocycles. The zero-order chi connectivity index (χ0) is 9.94. The van der Waals surface area contributed by atoms with E-state index in [-0.39, 0.29) is 6.79 Å². The zero-order valence-corrected chi connectivity index (χ0v) is 8.25. The summed E-state index contributed by atoms with van der Waals surface area (Å²) in [4.78, 5) is 10.5. The highest BCUT2D eigenvalue weighted by molar-refractivity contribution is 5.81. The van der Waals surface area contributed by atoms with Gasteiger partial charge < -0.3 is 9.47 Å². The van der Waals surface area contributed by atoms with Crippen LogP contribution >= 0.6 is 0 Å². The normalized spacial score (nSPS) is 9.62. The molecule has 13 heavy (non-hydrogen) atoms. The minimum Gasteiger partial charge on any atom is -0.435 e. The molecule has 0 rings (SSSR count). The van der Waals surface area contributed by atoms with Gasteiger partial charge in [-0.15, -0.1) is 0 Å². The molecule has 0 aliphatic heterocycles. The molecular formula is C10H18O3. The number of rotatable bonds is 8. The summed E-state index contributed by atoms with van der Waals surface area (Å²) >= 11 is 0. The Bertz CT molecular complexity index is 143. The summed E-state index contributed by atoms with van der Waals surface area (Å²) < 4.78 is 9.68. The van der Waals surface area contributed by atoms with Crippen LogP contribution < -0.4 is 0 Å². The van der Waals surface area contributed by atoms with Gasteiger partial charge in [0.05, 0.1) is 6.61 Å². The Hall–Kier alpha value is -0.830. The summed E-state index contributed by atoms with van der Waals surface area (Å²) in [5, 5.41) is 0. The van der Waals surface area contributed by atoms with Crippen LogP contribution in [0.25, 0.3) is 0 Å². The molecule has 3 nitrogen and oxygen atoms in total. The van der Waals surface area contributed by atoms with Crippen molar-refractivity contribution in [3.05, 3.63) is 12.7 Å². The van der Waals surface area contributed by atoms with Crippen molar-refractivity contribution in [3.63, 3.8) is 0 Å². The average molecular weight is 186 g/mol. The Morgan fingerprint density at radius 2 is 2.15 bits per heavy atom. The lowest BCUT2D eigenvalue weighted by Gasteiger charge is -2.03. The van der Waals surface area contributed by atoms with Crippen LogP contribution in [-0.2, 0) is 14.3 Å². The monoisotopic (exact) mass is 186 g/mol. The molecular weight excluding hydrogens is 168 g/mol. The van der Waals surface area contributed by atoms with Crippen molar-refractivity contribution in [1.82, 2.24) is 0 Å². The van der Waals surface area contributed by atoms with Crippen LogP contribution in [0, 0.1) is 0 Å². The van der Waals surface area contributed by atoms with E-state index in [2.05, 4.69) is 18.2 Å². The summed E-state index contributed by atoms with van der Waals surface area (Å²) in [5.41, 5.74) is 0. The highest BCUT2D eigenvalue weighted by atomic mass is 16.7. The predicted molar refractivity (Wildman–Crippen MR) is 51.3 cm³/mol. The fraction of sp³-hybridized carbons (Fsp3) is 0.700. The second kappa shape index (κ2) is 9.26. The maximum atomic E-state index is 10.5. The van der Waals surface area contributed by atoms with Crippen molar-refractivity contribution in [3.8, 4) is 0 Å². The molecule has 0 aliphatic carbocycles. The average Bonchev–Trinajstić information content (AvgIpc) is 2.16. The highest BCUT2D eigenvalue weighted by Crippen LogP contribution is 1.98. The summed E-state index contributed by atoms with van der Waals surface area (Å²) in [6, 6.07) is 0. The number of carbonyl (C=O) groups is 1. The Labute approximate surface area is 79.7 Å². The molecule has 0 aromatic rings. The number of carbonyl (C=O) groups excluding carboxylic acids is 1. The second-order valence-corrected chi connectivity index (χ2v) is 2.75. The molecule has 76 valence electrons. The van der Waals surface area contributed by atoms with Gasteiger partial charge in [0.25, 0.3) is 0 Å². The highest BCUT2D eigenvalue weighted by Gasteiger charge is 1.94. The summed E-state index contributed by atoms with van der Waals surface area (Å²) in [6.07, 6.45) is 5.77. The number of hydrogen-bond donors (Lipinski definition) is 0. The van der Waals surface area contributed by atoms with Crippen LogP contribution in [0.1, 0.15) is 32.6 Å². The lowest BCUT2D eigenvalue weighted by molar-refractivity contribution is -0.150. The Morgan fingerprint density at radius 1 is 1.38 bits per heavy atom. The first-order valence-electron chi connectivity index (χ1n) is 4.68. The van der Waals surface area contributed by atoms with E-state index in [0.717, 1.165) is 12.5 Å². The quantitative estimate of drug-likeness (QED) is 0.252. The largest absolute Gasteiger partial charge is 0.435 e.